The molecular formula is C11H23N3O3S. The molecule has 1 fully saturated rings. The van der Waals surface area contributed by atoms with Crippen molar-refractivity contribution in [2.75, 3.05) is 32.9 Å². The molecule has 2 N–H and O–H groups in total. The molecule has 1 saturated heterocycles. The second-order valence-corrected chi connectivity index (χ2v) is 7.28. The average Bonchev–Trinajstić information content (AvgIpc) is 2.29. The van der Waals surface area contributed by atoms with Crippen LogP contribution in [0.25, 0.3) is 0 Å². The molecule has 106 valence electrons. The molecule has 1 amide bonds. The number of hydrogen-bond donors (Lipinski definition) is 2. The van der Waals surface area contributed by atoms with Gasteiger partial charge >= 0.3 is 0 Å². The van der Waals surface area contributed by atoms with E-state index in [2.05, 4.69) is 17.6 Å². The maximum Gasteiger partial charge on any atom is 0.224 e. The Hall–Kier alpha value is -0.660. The van der Waals surface area contributed by atoms with Gasteiger partial charge in [0.05, 0.1) is 11.7 Å². The molecule has 0 aromatic carbocycles. The first-order chi connectivity index (χ1) is 8.33. The van der Waals surface area contributed by atoms with Crippen molar-refractivity contribution in [3.63, 3.8) is 0 Å². The molecule has 2 atom stereocenters. The van der Waals surface area contributed by atoms with Crippen molar-refractivity contribution in [2.24, 2.45) is 5.92 Å². The molecule has 0 aliphatic carbocycles. The molecule has 1 aliphatic rings. The van der Waals surface area contributed by atoms with Crippen molar-refractivity contribution in [3.8, 4) is 0 Å². The minimum Gasteiger partial charge on any atom is -0.355 e. The van der Waals surface area contributed by atoms with Crippen LogP contribution in [0, 0.1) is 5.92 Å². The van der Waals surface area contributed by atoms with Crippen LogP contribution in [0.1, 0.15) is 19.8 Å². The number of carbonyl (C=O) groups excluding carboxylic acids is 1. The lowest BCUT2D eigenvalue weighted by Crippen LogP contribution is -2.45. The van der Waals surface area contributed by atoms with E-state index in [4.69, 9.17) is 0 Å². The number of piperidine rings is 1. The fourth-order valence-electron chi connectivity index (χ4n) is 1.85. The summed E-state index contributed by atoms with van der Waals surface area (Å²) in [5.74, 6) is -0.144. The smallest absolute Gasteiger partial charge is 0.224 e. The van der Waals surface area contributed by atoms with Gasteiger partial charge < -0.3 is 10.6 Å². The molecule has 0 aromatic rings. The number of nitrogens with zero attached hydrogens (tertiary/aromatic N) is 1. The van der Waals surface area contributed by atoms with E-state index in [0.29, 0.717) is 12.6 Å². The van der Waals surface area contributed by atoms with Crippen LogP contribution in [0.4, 0.5) is 0 Å². The molecule has 1 aliphatic heterocycles. The van der Waals surface area contributed by atoms with Crippen molar-refractivity contribution in [1.29, 1.82) is 0 Å². The summed E-state index contributed by atoms with van der Waals surface area (Å²) >= 11 is 0. The third-order valence-electron chi connectivity index (χ3n) is 3.25. The lowest BCUT2D eigenvalue weighted by atomic mass is 9.95. The lowest BCUT2D eigenvalue weighted by Gasteiger charge is -2.26. The van der Waals surface area contributed by atoms with Crippen molar-refractivity contribution >= 4 is 15.9 Å². The Morgan fingerprint density at radius 3 is 2.56 bits per heavy atom. The first kappa shape index (κ1) is 15.4. The maximum atomic E-state index is 11.8. The minimum atomic E-state index is -3.23. The number of hydrogen-bond acceptors (Lipinski definition) is 4. The fraction of sp³-hybridized carbons (Fsp3) is 0.909. The summed E-state index contributed by atoms with van der Waals surface area (Å²) in [6.45, 7) is 2.94. The zero-order valence-electron chi connectivity index (χ0n) is 11.3. The number of carbonyl (C=O) groups is 1. The summed E-state index contributed by atoms with van der Waals surface area (Å²) in [5, 5.41) is 5.94. The van der Waals surface area contributed by atoms with Gasteiger partial charge in [-0.15, -0.1) is 0 Å². The van der Waals surface area contributed by atoms with E-state index >= 15 is 0 Å². The van der Waals surface area contributed by atoms with Gasteiger partial charge in [0.1, 0.15) is 0 Å². The van der Waals surface area contributed by atoms with E-state index in [1.165, 1.54) is 18.4 Å². The van der Waals surface area contributed by atoms with Crippen molar-refractivity contribution in [1.82, 2.24) is 14.9 Å². The molecule has 0 radical (unpaired) electrons. The molecular weight excluding hydrogens is 254 g/mol. The average molecular weight is 277 g/mol. The Labute approximate surface area is 109 Å². The van der Waals surface area contributed by atoms with E-state index in [-0.39, 0.29) is 24.1 Å². The summed E-state index contributed by atoms with van der Waals surface area (Å²) in [4.78, 5) is 11.8. The highest BCUT2D eigenvalue weighted by molar-refractivity contribution is 7.89. The Morgan fingerprint density at radius 1 is 1.39 bits per heavy atom. The van der Waals surface area contributed by atoms with Gasteiger partial charge in [-0.2, -0.15) is 0 Å². The van der Waals surface area contributed by atoms with Gasteiger partial charge in [-0.25, -0.2) is 12.7 Å². The molecule has 6 nitrogen and oxygen atoms in total. The zero-order valence-corrected chi connectivity index (χ0v) is 12.1. The Balaban J connectivity index is 2.30. The Kier molecular flexibility index (Phi) is 5.55. The molecule has 0 bridgehead atoms. The van der Waals surface area contributed by atoms with Gasteiger partial charge in [0.25, 0.3) is 0 Å². The van der Waals surface area contributed by atoms with Crippen molar-refractivity contribution in [3.05, 3.63) is 0 Å². The predicted octanol–water partition coefficient (Wildman–Crippen LogP) is -0.618. The minimum absolute atomic E-state index is 0.0386. The quantitative estimate of drug-likeness (QED) is 0.702. The highest BCUT2D eigenvalue weighted by Gasteiger charge is 2.24. The predicted molar refractivity (Wildman–Crippen MR) is 70.7 cm³/mol. The summed E-state index contributed by atoms with van der Waals surface area (Å²) in [7, 11) is -0.251. The molecule has 0 aromatic heterocycles. The molecule has 7 heteroatoms. The van der Waals surface area contributed by atoms with Gasteiger partial charge in [-0.3, -0.25) is 4.79 Å². The molecule has 0 saturated carbocycles. The maximum absolute atomic E-state index is 11.8. The SMILES string of the molecule is CC1CCC(C(=O)NCCS(=O)(=O)N(C)C)CN1. The third kappa shape index (κ3) is 4.55. The number of rotatable bonds is 5. The highest BCUT2D eigenvalue weighted by Crippen LogP contribution is 2.13. The lowest BCUT2D eigenvalue weighted by molar-refractivity contribution is -0.125. The van der Waals surface area contributed by atoms with E-state index in [9.17, 15) is 13.2 Å². The van der Waals surface area contributed by atoms with Crippen LogP contribution in [-0.4, -0.2) is 57.6 Å². The summed E-state index contributed by atoms with van der Waals surface area (Å²) in [5.41, 5.74) is 0. The summed E-state index contributed by atoms with van der Waals surface area (Å²) in [6.07, 6.45) is 1.84. The molecule has 2 unspecified atom stereocenters. The zero-order chi connectivity index (χ0) is 13.8. The van der Waals surface area contributed by atoms with Crippen molar-refractivity contribution in [2.45, 2.75) is 25.8 Å². The molecule has 1 heterocycles. The van der Waals surface area contributed by atoms with E-state index in [1.807, 2.05) is 0 Å². The van der Waals surface area contributed by atoms with Crippen molar-refractivity contribution < 1.29 is 13.2 Å². The Bertz CT molecular complexity index is 373. The molecule has 18 heavy (non-hydrogen) atoms. The number of amides is 1. The second kappa shape index (κ2) is 6.49. The number of sulfonamides is 1. The molecule has 0 spiro atoms. The largest absolute Gasteiger partial charge is 0.355 e. The van der Waals surface area contributed by atoms with Gasteiger partial charge in [0.15, 0.2) is 0 Å². The van der Waals surface area contributed by atoms with Crippen LogP contribution in [0.15, 0.2) is 0 Å². The van der Waals surface area contributed by atoms with Crippen LogP contribution in [-0.2, 0) is 14.8 Å². The third-order valence-corrected chi connectivity index (χ3v) is 5.08. The van der Waals surface area contributed by atoms with Crippen LogP contribution < -0.4 is 10.6 Å². The first-order valence-electron chi connectivity index (χ1n) is 6.24. The summed E-state index contributed by atoms with van der Waals surface area (Å²) < 4.78 is 24.2. The van der Waals surface area contributed by atoms with E-state index in [0.717, 1.165) is 12.8 Å². The monoisotopic (exact) mass is 277 g/mol. The summed E-state index contributed by atoms with van der Waals surface area (Å²) in [6, 6.07) is 0.461. The van der Waals surface area contributed by atoms with Gasteiger partial charge in [-0.1, -0.05) is 0 Å². The van der Waals surface area contributed by atoms with E-state index < -0.39 is 10.0 Å². The number of nitrogens with one attached hydrogen (secondary N) is 2. The topological polar surface area (TPSA) is 78.5 Å². The Morgan fingerprint density at radius 2 is 2.06 bits per heavy atom. The second-order valence-electron chi connectivity index (χ2n) is 4.97. The van der Waals surface area contributed by atoms with Gasteiger partial charge in [0, 0.05) is 33.2 Å². The molecule has 1 rings (SSSR count). The normalized spacial score (nSPS) is 25.1. The standard InChI is InChI=1S/C11H23N3O3S/c1-9-4-5-10(8-13-9)11(15)12-6-7-18(16,17)14(2)3/h9-10,13H,4-8H2,1-3H3,(H,12,15). The fourth-order valence-corrected chi connectivity index (χ4v) is 2.58. The van der Waals surface area contributed by atoms with Gasteiger partial charge in [-0.05, 0) is 19.8 Å². The van der Waals surface area contributed by atoms with Crippen LogP contribution in [0.2, 0.25) is 0 Å². The van der Waals surface area contributed by atoms with Crippen LogP contribution >= 0.6 is 0 Å². The highest BCUT2D eigenvalue weighted by atomic mass is 32.2. The van der Waals surface area contributed by atoms with Crippen LogP contribution in [0.3, 0.4) is 0 Å². The first-order valence-corrected chi connectivity index (χ1v) is 7.85. The van der Waals surface area contributed by atoms with Gasteiger partial charge in [0.2, 0.25) is 15.9 Å². The van der Waals surface area contributed by atoms with Crippen LogP contribution in [0.5, 0.6) is 0 Å². The van der Waals surface area contributed by atoms with E-state index in [1.54, 1.807) is 0 Å².